The van der Waals surface area contributed by atoms with E-state index in [-0.39, 0.29) is 12.0 Å². The average molecular weight is 273 g/mol. The Morgan fingerprint density at radius 2 is 1.95 bits per heavy atom. The van der Waals surface area contributed by atoms with E-state index in [1.54, 1.807) is 4.90 Å². The van der Waals surface area contributed by atoms with Gasteiger partial charge in [0.2, 0.25) is 0 Å². The molecule has 2 aromatic rings. The van der Waals surface area contributed by atoms with Crippen LogP contribution in [0.15, 0.2) is 35.7 Å². The maximum Gasteiger partial charge on any atom is 0.264 e. The van der Waals surface area contributed by atoms with Crippen LogP contribution in [0.2, 0.25) is 0 Å². The zero-order valence-electron chi connectivity index (χ0n) is 10.7. The highest BCUT2D eigenvalue weighted by Gasteiger charge is 2.31. The van der Waals surface area contributed by atoms with Crippen LogP contribution >= 0.6 is 11.3 Å². The van der Waals surface area contributed by atoms with Gasteiger partial charge in [-0.3, -0.25) is 4.79 Å². The normalized spacial score (nSPS) is 15.4. The molecule has 98 valence electrons. The van der Waals surface area contributed by atoms with Gasteiger partial charge in [0, 0.05) is 18.7 Å². The molecule has 0 spiro atoms. The lowest BCUT2D eigenvalue weighted by Gasteiger charge is -2.35. The fourth-order valence-electron chi connectivity index (χ4n) is 2.20. The lowest BCUT2D eigenvalue weighted by Crippen LogP contribution is -2.53. The molecule has 0 bridgehead atoms. The molecule has 0 unspecified atom stereocenters. The second-order valence-electron chi connectivity index (χ2n) is 4.89. The van der Waals surface area contributed by atoms with Gasteiger partial charge in [0.25, 0.3) is 5.91 Å². The number of aliphatic hydroxyl groups is 1. The highest BCUT2D eigenvalue weighted by molar-refractivity contribution is 7.12. The van der Waals surface area contributed by atoms with Crippen molar-refractivity contribution in [1.82, 2.24) is 4.90 Å². The first-order chi connectivity index (χ1) is 9.15. The van der Waals surface area contributed by atoms with Gasteiger partial charge >= 0.3 is 0 Å². The minimum Gasteiger partial charge on any atom is -0.389 e. The maximum atomic E-state index is 12.3. The van der Waals surface area contributed by atoms with Crippen LogP contribution in [-0.2, 0) is 0 Å². The van der Waals surface area contributed by atoms with Crippen molar-refractivity contribution in [2.75, 3.05) is 13.1 Å². The van der Waals surface area contributed by atoms with Gasteiger partial charge in [-0.2, -0.15) is 0 Å². The van der Waals surface area contributed by atoms with Crippen molar-refractivity contribution >= 4 is 17.2 Å². The largest absolute Gasteiger partial charge is 0.389 e. The molecule has 1 saturated heterocycles. The third-order valence-electron chi connectivity index (χ3n) is 3.37. The second-order valence-corrected chi connectivity index (χ2v) is 5.81. The molecule has 0 atom stereocenters. The van der Waals surface area contributed by atoms with Crippen LogP contribution in [-0.4, -0.2) is 35.1 Å². The Bertz CT molecular complexity index is 597. The van der Waals surface area contributed by atoms with E-state index in [1.807, 2.05) is 30.5 Å². The molecule has 0 aliphatic carbocycles. The minimum absolute atomic E-state index is 0.0240. The monoisotopic (exact) mass is 273 g/mol. The lowest BCUT2D eigenvalue weighted by atomic mass is 10.0. The number of nitrogens with zero attached hydrogens (tertiary/aromatic N) is 1. The number of hydrogen-bond donors (Lipinski definition) is 1. The first-order valence-electron chi connectivity index (χ1n) is 6.27. The summed E-state index contributed by atoms with van der Waals surface area (Å²) in [5.74, 6) is 0.0240. The summed E-state index contributed by atoms with van der Waals surface area (Å²) in [5.41, 5.74) is 3.25. The Kier molecular flexibility index (Phi) is 3.12. The molecule has 1 aromatic heterocycles. The number of aliphatic hydroxyl groups excluding tert-OH is 1. The third kappa shape index (κ3) is 2.29. The van der Waals surface area contributed by atoms with Crippen molar-refractivity contribution in [1.29, 1.82) is 0 Å². The summed E-state index contributed by atoms with van der Waals surface area (Å²) in [7, 11) is 0. The summed E-state index contributed by atoms with van der Waals surface area (Å²) in [4.78, 5) is 14.8. The Morgan fingerprint density at radius 3 is 2.58 bits per heavy atom. The summed E-state index contributed by atoms with van der Waals surface area (Å²) in [5, 5.41) is 11.2. The zero-order chi connectivity index (χ0) is 13.4. The average Bonchev–Trinajstić information content (AvgIpc) is 2.84. The van der Waals surface area contributed by atoms with E-state index in [0.717, 1.165) is 16.0 Å². The molecule has 3 nitrogen and oxygen atoms in total. The lowest BCUT2D eigenvalue weighted by molar-refractivity contribution is 0.00627. The number of benzene rings is 1. The van der Waals surface area contributed by atoms with Crippen molar-refractivity contribution in [3.8, 4) is 11.1 Å². The van der Waals surface area contributed by atoms with E-state index in [9.17, 15) is 9.90 Å². The number of carbonyl (C=O) groups excluding carboxylic acids is 1. The van der Waals surface area contributed by atoms with E-state index in [4.69, 9.17) is 0 Å². The van der Waals surface area contributed by atoms with Crippen molar-refractivity contribution in [2.45, 2.75) is 13.0 Å². The summed E-state index contributed by atoms with van der Waals surface area (Å²) in [6.45, 7) is 2.94. The highest BCUT2D eigenvalue weighted by atomic mass is 32.1. The van der Waals surface area contributed by atoms with E-state index in [0.29, 0.717) is 13.1 Å². The SMILES string of the molecule is Cc1ccc(-c2ccsc2C(=O)N2CC(O)C2)cc1. The molecule has 1 N–H and O–H groups in total. The van der Waals surface area contributed by atoms with Crippen molar-refractivity contribution in [3.05, 3.63) is 46.2 Å². The molecule has 19 heavy (non-hydrogen) atoms. The van der Waals surface area contributed by atoms with E-state index >= 15 is 0 Å². The standard InChI is InChI=1S/C15H15NO2S/c1-10-2-4-11(5-3-10)13-6-7-19-14(13)15(18)16-8-12(17)9-16/h2-7,12,17H,8-9H2,1H3. The van der Waals surface area contributed by atoms with Crippen LogP contribution in [0.5, 0.6) is 0 Å². The number of aryl methyl sites for hydroxylation is 1. The number of likely N-dealkylation sites (tertiary alicyclic amines) is 1. The van der Waals surface area contributed by atoms with Gasteiger partial charge < -0.3 is 10.0 Å². The Morgan fingerprint density at radius 1 is 1.26 bits per heavy atom. The molecule has 0 radical (unpaired) electrons. The van der Waals surface area contributed by atoms with Crippen LogP contribution in [0.4, 0.5) is 0 Å². The van der Waals surface area contributed by atoms with Gasteiger partial charge in [0.15, 0.2) is 0 Å². The van der Waals surface area contributed by atoms with Crippen LogP contribution < -0.4 is 0 Å². The summed E-state index contributed by atoms with van der Waals surface area (Å²) in [6.07, 6.45) is -0.355. The van der Waals surface area contributed by atoms with Gasteiger partial charge in [-0.15, -0.1) is 11.3 Å². The van der Waals surface area contributed by atoms with Gasteiger partial charge in [-0.25, -0.2) is 0 Å². The molecular formula is C15H15NO2S. The first kappa shape index (κ1) is 12.4. The maximum absolute atomic E-state index is 12.3. The highest BCUT2D eigenvalue weighted by Crippen LogP contribution is 2.30. The molecule has 3 rings (SSSR count). The van der Waals surface area contributed by atoms with Crippen LogP contribution in [0.3, 0.4) is 0 Å². The first-order valence-corrected chi connectivity index (χ1v) is 7.15. The van der Waals surface area contributed by atoms with E-state index < -0.39 is 0 Å². The van der Waals surface area contributed by atoms with Gasteiger partial charge in [-0.1, -0.05) is 29.8 Å². The Balaban J connectivity index is 1.90. The van der Waals surface area contributed by atoms with Gasteiger partial charge in [-0.05, 0) is 23.9 Å². The number of hydrogen-bond acceptors (Lipinski definition) is 3. The van der Waals surface area contributed by atoms with Crippen LogP contribution in [0.1, 0.15) is 15.2 Å². The van der Waals surface area contributed by atoms with Crippen molar-refractivity contribution in [2.24, 2.45) is 0 Å². The molecular weight excluding hydrogens is 258 g/mol. The van der Waals surface area contributed by atoms with E-state index in [2.05, 4.69) is 12.1 Å². The molecule has 4 heteroatoms. The minimum atomic E-state index is -0.355. The summed E-state index contributed by atoms with van der Waals surface area (Å²) in [6, 6.07) is 10.2. The van der Waals surface area contributed by atoms with Crippen molar-refractivity contribution < 1.29 is 9.90 Å². The van der Waals surface area contributed by atoms with Gasteiger partial charge in [0.05, 0.1) is 11.0 Å². The Hall–Kier alpha value is -1.65. The third-order valence-corrected chi connectivity index (χ3v) is 4.27. The number of amides is 1. The number of thiophene rings is 1. The Labute approximate surface area is 116 Å². The van der Waals surface area contributed by atoms with Gasteiger partial charge in [0.1, 0.15) is 0 Å². The topological polar surface area (TPSA) is 40.5 Å². The molecule has 2 heterocycles. The molecule has 1 aliphatic rings. The molecule has 1 aromatic carbocycles. The number of rotatable bonds is 2. The van der Waals surface area contributed by atoms with Crippen molar-refractivity contribution in [3.63, 3.8) is 0 Å². The molecule has 1 fully saturated rings. The fraction of sp³-hybridized carbons (Fsp3) is 0.267. The smallest absolute Gasteiger partial charge is 0.264 e. The number of β-amino-alcohol motifs (C(OH)–C–C–N with tert-alkyl or cyclic N) is 1. The number of carbonyl (C=O) groups is 1. The summed E-state index contributed by atoms with van der Waals surface area (Å²) < 4.78 is 0. The second kappa shape index (κ2) is 4.79. The summed E-state index contributed by atoms with van der Waals surface area (Å²) >= 11 is 1.46. The molecule has 0 saturated carbocycles. The fourth-order valence-corrected chi connectivity index (χ4v) is 3.08. The van der Waals surface area contributed by atoms with Crippen LogP contribution in [0, 0.1) is 6.92 Å². The van der Waals surface area contributed by atoms with Crippen LogP contribution in [0.25, 0.3) is 11.1 Å². The molecule has 1 aliphatic heterocycles. The zero-order valence-corrected chi connectivity index (χ0v) is 11.5. The predicted octanol–water partition coefficient (Wildman–Crippen LogP) is 2.54. The quantitative estimate of drug-likeness (QED) is 0.913. The molecule has 1 amide bonds. The van der Waals surface area contributed by atoms with E-state index in [1.165, 1.54) is 16.9 Å². The predicted molar refractivity (Wildman–Crippen MR) is 76.4 cm³/mol.